The van der Waals surface area contributed by atoms with E-state index in [0.29, 0.717) is 5.92 Å². The minimum absolute atomic E-state index is 0.229. The molecule has 18 heavy (non-hydrogen) atoms. The number of para-hydroxylation sites is 1. The number of nitrogens with two attached hydrogens (primary N) is 1. The zero-order chi connectivity index (χ0) is 12.5. The Morgan fingerprint density at radius 1 is 1.28 bits per heavy atom. The predicted molar refractivity (Wildman–Crippen MR) is 73.5 cm³/mol. The lowest BCUT2D eigenvalue weighted by atomic mass is 9.94. The van der Waals surface area contributed by atoms with E-state index in [-0.39, 0.29) is 6.04 Å². The summed E-state index contributed by atoms with van der Waals surface area (Å²) in [7, 11) is 0. The molecule has 0 radical (unpaired) electrons. The van der Waals surface area contributed by atoms with E-state index in [1.165, 1.54) is 0 Å². The van der Waals surface area contributed by atoms with Gasteiger partial charge in [-0.05, 0) is 24.5 Å². The van der Waals surface area contributed by atoms with Gasteiger partial charge in [0, 0.05) is 24.5 Å². The lowest BCUT2D eigenvalue weighted by Crippen LogP contribution is -2.48. The van der Waals surface area contributed by atoms with Gasteiger partial charge in [-0.2, -0.15) is 0 Å². The molecule has 1 aromatic carbocycles. The average Bonchev–Trinajstić information content (AvgIpc) is 2.41. The lowest BCUT2D eigenvalue weighted by Gasteiger charge is -2.36. The Bertz CT molecular complexity index is 549. The van der Waals surface area contributed by atoms with Gasteiger partial charge in [0.05, 0.1) is 5.52 Å². The second-order valence-electron chi connectivity index (χ2n) is 5.09. The molecule has 94 valence electrons. The van der Waals surface area contributed by atoms with Gasteiger partial charge in [0.2, 0.25) is 0 Å². The molecular weight excluding hydrogens is 224 g/mol. The molecule has 4 nitrogen and oxygen atoms in total. The standard InChI is InChI=1S/C14H18N4/c1-10-6-7-18(8-12(10)15)14-11-4-2-3-5-13(11)16-9-17-14/h2-5,9-10,12H,6-8,15H2,1H3. The number of hydrogen-bond donors (Lipinski definition) is 1. The highest BCUT2D eigenvalue weighted by atomic mass is 15.2. The van der Waals surface area contributed by atoms with Crippen LogP contribution in [0.3, 0.4) is 0 Å². The Balaban J connectivity index is 1.99. The van der Waals surface area contributed by atoms with Crippen molar-refractivity contribution in [1.82, 2.24) is 9.97 Å². The van der Waals surface area contributed by atoms with Crippen LogP contribution in [0.25, 0.3) is 10.9 Å². The highest BCUT2D eigenvalue weighted by molar-refractivity contribution is 5.89. The number of hydrogen-bond acceptors (Lipinski definition) is 4. The van der Waals surface area contributed by atoms with E-state index in [0.717, 1.165) is 36.2 Å². The topological polar surface area (TPSA) is 55.0 Å². The van der Waals surface area contributed by atoms with Gasteiger partial charge < -0.3 is 10.6 Å². The molecule has 0 spiro atoms. The minimum Gasteiger partial charge on any atom is -0.354 e. The Hall–Kier alpha value is -1.68. The van der Waals surface area contributed by atoms with Crippen molar-refractivity contribution in [2.75, 3.05) is 18.0 Å². The first-order chi connectivity index (χ1) is 8.75. The molecule has 2 heterocycles. The largest absolute Gasteiger partial charge is 0.354 e. The molecule has 1 fully saturated rings. The van der Waals surface area contributed by atoms with Crippen molar-refractivity contribution >= 4 is 16.7 Å². The van der Waals surface area contributed by atoms with E-state index >= 15 is 0 Å². The van der Waals surface area contributed by atoms with Crippen molar-refractivity contribution < 1.29 is 0 Å². The molecule has 2 atom stereocenters. The maximum Gasteiger partial charge on any atom is 0.139 e. The Morgan fingerprint density at radius 2 is 2.11 bits per heavy atom. The van der Waals surface area contributed by atoms with Gasteiger partial charge in [-0.3, -0.25) is 0 Å². The third kappa shape index (κ3) is 1.93. The SMILES string of the molecule is CC1CCN(c2ncnc3ccccc23)CC1N. The summed E-state index contributed by atoms with van der Waals surface area (Å²) in [5.41, 5.74) is 7.16. The number of rotatable bonds is 1. The van der Waals surface area contributed by atoms with Gasteiger partial charge in [0.15, 0.2) is 0 Å². The number of aromatic nitrogens is 2. The van der Waals surface area contributed by atoms with Crippen LogP contribution in [0, 0.1) is 5.92 Å². The fraction of sp³-hybridized carbons (Fsp3) is 0.429. The van der Waals surface area contributed by atoms with Crippen LogP contribution in [-0.2, 0) is 0 Å². The Labute approximate surface area is 107 Å². The maximum atomic E-state index is 6.16. The maximum absolute atomic E-state index is 6.16. The molecule has 1 saturated heterocycles. The number of nitrogens with zero attached hydrogens (tertiary/aromatic N) is 3. The summed E-state index contributed by atoms with van der Waals surface area (Å²) in [5.74, 6) is 1.61. The first kappa shape index (κ1) is 11.4. The van der Waals surface area contributed by atoms with Crippen LogP contribution in [0.4, 0.5) is 5.82 Å². The summed E-state index contributed by atoms with van der Waals surface area (Å²) in [4.78, 5) is 11.0. The summed E-state index contributed by atoms with van der Waals surface area (Å²) in [5, 5.41) is 1.11. The smallest absolute Gasteiger partial charge is 0.139 e. The molecule has 1 aliphatic rings. The first-order valence-electron chi connectivity index (χ1n) is 6.46. The van der Waals surface area contributed by atoms with Crippen LogP contribution in [0.1, 0.15) is 13.3 Å². The summed E-state index contributed by atoms with van der Waals surface area (Å²) in [6.07, 6.45) is 2.76. The van der Waals surface area contributed by atoms with Gasteiger partial charge >= 0.3 is 0 Å². The van der Waals surface area contributed by atoms with E-state index in [4.69, 9.17) is 5.73 Å². The van der Waals surface area contributed by atoms with E-state index in [1.807, 2.05) is 18.2 Å². The highest BCUT2D eigenvalue weighted by Crippen LogP contribution is 2.26. The van der Waals surface area contributed by atoms with Crippen molar-refractivity contribution in [1.29, 1.82) is 0 Å². The first-order valence-corrected chi connectivity index (χ1v) is 6.46. The van der Waals surface area contributed by atoms with E-state index in [1.54, 1.807) is 6.33 Å². The molecule has 2 aromatic rings. The van der Waals surface area contributed by atoms with Crippen molar-refractivity contribution in [2.45, 2.75) is 19.4 Å². The molecule has 1 aromatic heterocycles. The van der Waals surface area contributed by atoms with Crippen molar-refractivity contribution in [3.63, 3.8) is 0 Å². The van der Waals surface area contributed by atoms with E-state index < -0.39 is 0 Å². The molecule has 0 amide bonds. The van der Waals surface area contributed by atoms with Crippen LogP contribution in [0.2, 0.25) is 0 Å². The molecule has 1 aliphatic heterocycles. The van der Waals surface area contributed by atoms with Gasteiger partial charge in [-0.1, -0.05) is 19.1 Å². The molecule has 0 saturated carbocycles. The number of fused-ring (bicyclic) bond motifs is 1. The highest BCUT2D eigenvalue weighted by Gasteiger charge is 2.24. The average molecular weight is 242 g/mol. The van der Waals surface area contributed by atoms with Crippen molar-refractivity contribution in [2.24, 2.45) is 11.7 Å². The molecule has 4 heteroatoms. The molecule has 2 unspecified atom stereocenters. The molecule has 0 aliphatic carbocycles. The second-order valence-corrected chi connectivity index (χ2v) is 5.09. The predicted octanol–water partition coefficient (Wildman–Crippen LogP) is 1.80. The fourth-order valence-corrected chi connectivity index (χ4v) is 2.53. The van der Waals surface area contributed by atoms with Crippen molar-refractivity contribution in [3.05, 3.63) is 30.6 Å². The molecule has 3 rings (SSSR count). The number of piperidine rings is 1. The lowest BCUT2D eigenvalue weighted by molar-refractivity contribution is 0.378. The number of benzene rings is 1. The molecule has 2 N–H and O–H groups in total. The summed E-state index contributed by atoms with van der Waals surface area (Å²) in [6, 6.07) is 8.36. The van der Waals surface area contributed by atoms with E-state index in [2.05, 4.69) is 27.9 Å². The van der Waals surface area contributed by atoms with Crippen LogP contribution in [-0.4, -0.2) is 29.1 Å². The van der Waals surface area contributed by atoms with Gasteiger partial charge in [-0.15, -0.1) is 0 Å². The zero-order valence-corrected chi connectivity index (χ0v) is 10.6. The van der Waals surface area contributed by atoms with Gasteiger partial charge in [0.1, 0.15) is 12.1 Å². The van der Waals surface area contributed by atoms with Gasteiger partial charge in [-0.25, -0.2) is 9.97 Å². The Morgan fingerprint density at radius 3 is 2.94 bits per heavy atom. The van der Waals surface area contributed by atoms with Crippen LogP contribution in [0.5, 0.6) is 0 Å². The molecular formula is C14H18N4. The quantitative estimate of drug-likeness (QED) is 0.828. The normalized spacial score (nSPS) is 24.4. The summed E-state index contributed by atoms with van der Waals surface area (Å²) < 4.78 is 0. The molecule has 0 bridgehead atoms. The number of anilines is 1. The monoisotopic (exact) mass is 242 g/mol. The second kappa shape index (κ2) is 4.53. The van der Waals surface area contributed by atoms with Crippen LogP contribution in [0.15, 0.2) is 30.6 Å². The third-order valence-corrected chi connectivity index (χ3v) is 3.84. The minimum atomic E-state index is 0.229. The Kier molecular flexibility index (Phi) is 2.88. The fourth-order valence-electron chi connectivity index (χ4n) is 2.53. The van der Waals surface area contributed by atoms with Crippen LogP contribution < -0.4 is 10.6 Å². The van der Waals surface area contributed by atoms with Crippen molar-refractivity contribution in [3.8, 4) is 0 Å². The van der Waals surface area contributed by atoms with E-state index in [9.17, 15) is 0 Å². The summed E-state index contributed by atoms with van der Waals surface area (Å²) >= 11 is 0. The zero-order valence-electron chi connectivity index (χ0n) is 10.6. The van der Waals surface area contributed by atoms with Gasteiger partial charge in [0.25, 0.3) is 0 Å². The third-order valence-electron chi connectivity index (χ3n) is 3.84. The summed E-state index contributed by atoms with van der Waals surface area (Å²) in [6.45, 7) is 4.12. The van der Waals surface area contributed by atoms with Crippen LogP contribution >= 0.6 is 0 Å².